The minimum absolute atomic E-state index is 0.0821. The Balaban J connectivity index is 2.12. The Morgan fingerprint density at radius 1 is 0.600 bits per heavy atom. The summed E-state index contributed by atoms with van der Waals surface area (Å²) in [6, 6.07) is 6.99. The van der Waals surface area contributed by atoms with E-state index in [1.807, 2.05) is 30.3 Å². The predicted octanol–water partition coefficient (Wildman–Crippen LogP) is 10.1. The molecule has 6 atom stereocenters. The molecule has 65 heavy (non-hydrogen) atoms. The first-order valence-corrected chi connectivity index (χ1v) is 26.4. The van der Waals surface area contributed by atoms with E-state index in [0.29, 0.717) is 45.1 Å². The van der Waals surface area contributed by atoms with Gasteiger partial charge in [0.1, 0.15) is 30.4 Å². The van der Waals surface area contributed by atoms with Gasteiger partial charge in [-0.15, -0.1) is 0 Å². The van der Waals surface area contributed by atoms with Crippen LogP contribution in [0.2, 0.25) is 0 Å². The van der Waals surface area contributed by atoms with Crippen molar-refractivity contribution >= 4 is 23.7 Å². The maximum absolute atomic E-state index is 14.3. The molecule has 374 valence electrons. The summed E-state index contributed by atoms with van der Waals surface area (Å²) in [7, 11) is 0. The van der Waals surface area contributed by atoms with Gasteiger partial charge >= 0.3 is 5.97 Å². The summed E-state index contributed by atoms with van der Waals surface area (Å²) >= 11 is 0. The van der Waals surface area contributed by atoms with Gasteiger partial charge in [-0.1, -0.05) is 205 Å². The van der Waals surface area contributed by atoms with Gasteiger partial charge in [0.15, 0.2) is 6.23 Å². The van der Waals surface area contributed by atoms with Gasteiger partial charge in [-0.3, -0.25) is 19.2 Å². The third kappa shape index (κ3) is 26.8. The van der Waals surface area contributed by atoms with Crippen LogP contribution in [0.4, 0.5) is 0 Å². The third-order valence-corrected chi connectivity index (χ3v) is 13.1. The van der Waals surface area contributed by atoms with Crippen LogP contribution < -0.4 is 10.6 Å². The van der Waals surface area contributed by atoms with E-state index < -0.39 is 55.1 Å². The summed E-state index contributed by atoms with van der Waals surface area (Å²) in [4.78, 5) is 54.2. The average molecular weight is 916 g/mol. The fourth-order valence-electron chi connectivity index (χ4n) is 8.98. The molecule has 6 N–H and O–H groups in total. The maximum atomic E-state index is 14.3. The third-order valence-electron chi connectivity index (χ3n) is 13.1. The van der Waals surface area contributed by atoms with E-state index in [0.717, 1.165) is 44.1 Å². The van der Waals surface area contributed by atoms with Crippen molar-refractivity contribution in [1.29, 1.82) is 0 Å². The quantitative estimate of drug-likeness (QED) is 0.0348. The minimum atomic E-state index is -1.57. The molecule has 0 bridgehead atoms. The second kappa shape index (κ2) is 38.0. The first-order valence-electron chi connectivity index (χ1n) is 26.4. The molecule has 12 heteroatoms. The largest absolute Gasteiger partial charge is 0.481 e. The average Bonchev–Trinajstić information content (AvgIpc) is 3.29. The van der Waals surface area contributed by atoms with Gasteiger partial charge < -0.3 is 40.7 Å². The number of rotatable bonds is 41. The van der Waals surface area contributed by atoms with Gasteiger partial charge in [-0.2, -0.15) is 0 Å². The van der Waals surface area contributed by atoms with E-state index in [4.69, 9.17) is 9.84 Å². The fourth-order valence-corrected chi connectivity index (χ4v) is 8.98. The molecule has 0 spiro atoms. The van der Waals surface area contributed by atoms with Crippen LogP contribution in [0.25, 0.3) is 0 Å². The van der Waals surface area contributed by atoms with Crippen LogP contribution in [-0.2, 0) is 30.3 Å². The topological polar surface area (TPSA) is 186 Å². The van der Waals surface area contributed by atoms with Crippen LogP contribution >= 0.6 is 0 Å². The molecule has 0 radical (unpaired) electrons. The van der Waals surface area contributed by atoms with Gasteiger partial charge in [0.05, 0.1) is 6.61 Å². The number of benzene rings is 1. The molecule has 1 saturated heterocycles. The Bertz CT molecular complexity index is 1370. The normalized spacial score (nSPS) is 18.9. The van der Waals surface area contributed by atoms with Crippen molar-refractivity contribution in [3.63, 3.8) is 0 Å². The summed E-state index contributed by atoms with van der Waals surface area (Å²) in [6.07, 6.45) is 27.2. The molecule has 1 aliphatic rings. The standard InChI is InChI=1S/C53H93N3O9/c1-3-5-7-9-11-13-14-15-16-17-18-19-21-23-27-34-40-56(47(59)38-32-24-22-20-12-10-8-6-4-2)53-49(51(63)50(62)45(42-57)65-53)55-52(64)44(41-43-35-29-28-30-36-43)54-46(58)37-31-25-26-33-39-48(60)61/h28-30,35-36,44-45,49-51,53,57,62-63H,3-27,31-34,37-42H2,1-2H3,(H,54,58)(H,55,64)(H,60,61)/t44-,45+,49+,50+,51+,53+/m0/s1. The van der Waals surface area contributed by atoms with Gasteiger partial charge in [0, 0.05) is 32.2 Å². The molecular weight excluding hydrogens is 823 g/mol. The first kappa shape index (κ1) is 58.1. The van der Waals surface area contributed by atoms with Crippen molar-refractivity contribution in [3.8, 4) is 0 Å². The number of hydrogen-bond acceptors (Lipinski definition) is 8. The Kier molecular flexibility index (Phi) is 33.9. The van der Waals surface area contributed by atoms with E-state index in [1.54, 1.807) is 4.90 Å². The number of amides is 3. The second-order valence-electron chi connectivity index (χ2n) is 18.8. The molecular formula is C53H93N3O9. The van der Waals surface area contributed by atoms with Crippen molar-refractivity contribution in [1.82, 2.24) is 15.5 Å². The van der Waals surface area contributed by atoms with Crippen molar-refractivity contribution in [2.24, 2.45) is 0 Å². The summed E-state index contributed by atoms with van der Waals surface area (Å²) in [6.45, 7) is 4.22. The number of aliphatic carboxylic acids is 1. The number of nitrogens with one attached hydrogen (secondary N) is 2. The van der Waals surface area contributed by atoms with Crippen LogP contribution in [0.3, 0.4) is 0 Å². The molecule has 1 fully saturated rings. The van der Waals surface area contributed by atoms with Crippen LogP contribution in [0.5, 0.6) is 0 Å². The lowest BCUT2D eigenvalue weighted by molar-refractivity contribution is -0.231. The van der Waals surface area contributed by atoms with E-state index in [2.05, 4.69) is 24.5 Å². The number of carboxylic acid groups (broad SMARTS) is 1. The van der Waals surface area contributed by atoms with Gasteiger partial charge in [0.25, 0.3) is 0 Å². The highest BCUT2D eigenvalue weighted by molar-refractivity contribution is 5.88. The summed E-state index contributed by atoms with van der Waals surface area (Å²) in [5, 5.41) is 47.6. The maximum Gasteiger partial charge on any atom is 0.303 e. The summed E-state index contributed by atoms with van der Waals surface area (Å²) in [5.74, 6) is -1.93. The Hall–Kier alpha value is -3.06. The van der Waals surface area contributed by atoms with Crippen molar-refractivity contribution in [2.75, 3.05) is 13.2 Å². The zero-order chi connectivity index (χ0) is 47.3. The summed E-state index contributed by atoms with van der Waals surface area (Å²) in [5.41, 5.74) is 0.806. The zero-order valence-electron chi connectivity index (χ0n) is 40.9. The van der Waals surface area contributed by atoms with Gasteiger partial charge in [-0.05, 0) is 31.2 Å². The van der Waals surface area contributed by atoms with Crippen molar-refractivity contribution < 1.29 is 44.3 Å². The minimum Gasteiger partial charge on any atom is -0.481 e. The molecule has 1 heterocycles. The second-order valence-corrected chi connectivity index (χ2v) is 18.8. The number of aliphatic hydroxyl groups excluding tert-OH is 3. The highest BCUT2D eigenvalue weighted by atomic mass is 16.5. The SMILES string of the molecule is CCCCCCCCCCCCCCCCCCN(C(=O)CCCCCCCCCCC)[C@@H]1O[C@H](CO)[C@@H](O)[C@H](O)[C@H]1NC(=O)[C@H](Cc1ccccc1)NC(=O)CCCCCCC(=O)O. The molecule has 1 aliphatic heterocycles. The smallest absolute Gasteiger partial charge is 0.303 e. The lowest BCUT2D eigenvalue weighted by atomic mass is 9.94. The van der Waals surface area contributed by atoms with E-state index in [1.165, 1.54) is 109 Å². The number of carboxylic acids is 1. The molecule has 2 rings (SSSR count). The number of hydrogen-bond donors (Lipinski definition) is 6. The number of nitrogens with zero attached hydrogens (tertiary/aromatic N) is 1. The highest BCUT2D eigenvalue weighted by Gasteiger charge is 2.48. The molecule has 12 nitrogen and oxygen atoms in total. The van der Waals surface area contributed by atoms with E-state index in [-0.39, 0.29) is 37.5 Å². The van der Waals surface area contributed by atoms with Gasteiger partial charge in [0.2, 0.25) is 17.7 Å². The fraction of sp³-hybridized carbons (Fsp3) is 0.811. The number of ether oxygens (including phenoxy) is 1. The van der Waals surface area contributed by atoms with Crippen LogP contribution in [0.1, 0.15) is 225 Å². The number of aliphatic hydroxyl groups is 3. The monoisotopic (exact) mass is 916 g/mol. The predicted molar refractivity (Wildman–Crippen MR) is 260 cm³/mol. The van der Waals surface area contributed by atoms with Crippen LogP contribution in [-0.4, -0.2) is 98.8 Å². The molecule has 0 saturated carbocycles. The first-order chi connectivity index (χ1) is 31.6. The van der Waals surface area contributed by atoms with E-state index in [9.17, 15) is 34.5 Å². The van der Waals surface area contributed by atoms with Crippen LogP contribution in [0.15, 0.2) is 30.3 Å². The lowest BCUT2D eigenvalue weighted by Crippen LogP contribution is -2.70. The van der Waals surface area contributed by atoms with Gasteiger partial charge in [-0.25, -0.2) is 0 Å². The molecule has 3 amide bonds. The zero-order valence-corrected chi connectivity index (χ0v) is 40.9. The molecule has 1 aromatic rings. The van der Waals surface area contributed by atoms with Crippen LogP contribution in [0, 0.1) is 0 Å². The molecule has 1 aromatic carbocycles. The number of unbranched alkanes of at least 4 members (excludes halogenated alkanes) is 26. The highest BCUT2D eigenvalue weighted by Crippen LogP contribution is 2.26. The Morgan fingerprint density at radius 2 is 1.05 bits per heavy atom. The van der Waals surface area contributed by atoms with E-state index >= 15 is 0 Å². The van der Waals surface area contributed by atoms with Crippen molar-refractivity contribution in [2.45, 2.75) is 262 Å². The molecule has 0 unspecified atom stereocenters. The lowest BCUT2D eigenvalue weighted by Gasteiger charge is -2.47. The molecule has 0 aromatic heterocycles. The summed E-state index contributed by atoms with van der Waals surface area (Å²) < 4.78 is 6.27. The Labute approximate surface area is 393 Å². The number of carbonyl (C=O) groups excluding carboxylic acids is 3. The Morgan fingerprint density at radius 3 is 1.52 bits per heavy atom. The van der Waals surface area contributed by atoms with Crippen molar-refractivity contribution in [3.05, 3.63) is 35.9 Å². The number of carbonyl (C=O) groups is 4. The molecule has 0 aliphatic carbocycles.